The summed E-state index contributed by atoms with van der Waals surface area (Å²) >= 11 is 1.33. The maximum Gasteiger partial charge on any atom is 0.277 e. The smallest absolute Gasteiger partial charge is 0.277 e. The van der Waals surface area contributed by atoms with Gasteiger partial charge in [-0.15, -0.1) is 10.2 Å². The van der Waals surface area contributed by atoms with Gasteiger partial charge in [-0.25, -0.2) is 0 Å². The molecule has 1 fully saturated rings. The topological polar surface area (TPSA) is 75.0 Å². The molecule has 0 bridgehead atoms. The van der Waals surface area contributed by atoms with Crippen molar-refractivity contribution >= 4 is 28.6 Å². The first-order valence-electron chi connectivity index (χ1n) is 9.08. The first-order valence-corrected chi connectivity index (χ1v) is 9.96. The van der Waals surface area contributed by atoms with E-state index in [0.717, 1.165) is 42.4 Å². The van der Waals surface area contributed by atoms with Crippen molar-refractivity contribution in [1.29, 1.82) is 0 Å². The van der Waals surface area contributed by atoms with E-state index in [4.69, 9.17) is 4.42 Å². The highest BCUT2D eigenvalue weighted by atomic mass is 32.2. The minimum Gasteiger partial charge on any atom is -0.411 e. The molecule has 0 radical (unpaired) electrons. The molecule has 3 heterocycles. The Balaban J connectivity index is 1.47. The summed E-state index contributed by atoms with van der Waals surface area (Å²) in [7, 11) is 0. The van der Waals surface area contributed by atoms with Gasteiger partial charge in [-0.2, -0.15) is 0 Å². The number of H-pyrrole nitrogens is 1. The molecule has 2 aromatic heterocycles. The number of hydrogen-bond donors (Lipinski definition) is 1. The molecule has 0 aliphatic carbocycles. The fourth-order valence-electron chi connectivity index (χ4n) is 3.36. The molecule has 1 aliphatic rings. The number of nitrogens with one attached hydrogen (secondary N) is 1. The normalized spacial score (nSPS) is 16.6. The molecule has 1 amide bonds. The molecule has 1 unspecified atom stereocenters. The number of carbonyl (C=O) groups excluding carboxylic acids is 1. The molecule has 6 nitrogen and oxygen atoms in total. The number of fused-ring (bicyclic) bond motifs is 1. The van der Waals surface area contributed by atoms with Crippen LogP contribution in [0.2, 0.25) is 0 Å². The minimum absolute atomic E-state index is 0.156. The van der Waals surface area contributed by atoms with Crippen LogP contribution in [0.15, 0.2) is 40.1 Å². The van der Waals surface area contributed by atoms with Crippen molar-refractivity contribution in [1.82, 2.24) is 20.1 Å². The average Bonchev–Trinajstić information content (AvgIpc) is 3.19. The molecule has 1 saturated heterocycles. The number of nitrogens with zero attached hydrogens (tertiary/aromatic N) is 3. The third-order valence-electron chi connectivity index (χ3n) is 4.77. The highest BCUT2D eigenvalue weighted by molar-refractivity contribution is 8.00. The zero-order chi connectivity index (χ0) is 17.9. The fourth-order valence-corrected chi connectivity index (χ4v) is 4.13. The number of aromatic amines is 1. The number of amides is 1. The Bertz CT molecular complexity index is 896. The van der Waals surface area contributed by atoms with E-state index in [-0.39, 0.29) is 11.2 Å². The third-order valence-corrected chi connectivity index (χ3v) is 5.69. The molecule has 4 rings (SSSR count). The number of carbonyl (C=O) groups is 1. The highest BCUT2D eigenvalue weighted by Gasteiger charge is 2.24. The van der Waals surface area contributed by atoms with Crippen LogP contribution >= 0.6 is 11.8 Å². The van der Waals surface area contributed by atoms with Crippen LogP contribution in [0.4, 0.5) is 0 Å². The van der Waals surface area contributed by atoms with Crippen LogP contribution in [0.3, 0.4) is 0 Å². The van der Waals surface area contributed by atoms with Crippen molar-refractivity contribution in [2.24, 2.45) is 0 Å². The zero-order valence-electron chi connectivity index (χ0n) is 14.8. The van der Waals surface area contributed by atoms with E-state index < -0.39 is 0 Å². The lowest BCUT2D eigenvalue weighted by Crippen LogP contribution is -2.37. The molecule has 1 N–H and O–H groups in total. The zero-order valence-corrected chi connectivity index (χ0v) is 15.6. The van der Waals surface area contributed by atoms with Crippen molar-refractivity contribution in [3.8, 4) is 11.5 Å². The lowest BCUT2D eigenvalue weighted by atomic mass is 10.2. The second-order valence-electron chi connectivity index (χ2n) is 6.62. The highest BCUT2D eigenvalue weighted by Crippen LogP contribution is 2.31. The second kappa shape index (κ2) is 7.53. The van der Waals surface area contributed by atoms with Crippen LogP contribution < -0.4 is 0 Å². The molecule has 0 saturated carbocycles. The standard InChI is InChI=1S/C19H22N4O2S/c1-13(18(24)23-10-6-2-3-7-11-23)26-19-22-21-17(25-19)15-12-20-16-9-5-4-8-14(15)16/h4-5,8-9,12-13,20H,2-3,6-7,10-11H2,1H3. The number of thioether (sulfide) groups is 1. The van der Waals surface area contributed by atoms with Crippen LogP contribution in [0.25, 0.3) is 22.4 Å². The summed E-state index contributed by atoms with van der Waals surface area (Å²) < 4.78 is 5.82. The quantitative estimate of drug-likeness (QED) is 0.700. The van der Waals surface area contributed by atoms with Crippen LogP contribution in [0.5, 0.6) is 0 Å². The van der Waals surface area contributed by atoms with Gasteiger partial charge in [0.15, 0.2) is 0 Å². The monoisotopic (exact) mass is 370 g/mol. The van der Waals surface area contributed by atoms with E-state index in [0.29, 0.717) is 11.1 Å². The number of aromatic nitrogens is 3. The van der Waals surface area contributed by atoms with E-state index in [1.807, 2.05) is 42.3 Å². The lowest BCUT2D eigenvalue weighted by molar-refractivity contribution is -0.130. The van der Waals surface area contributed by atoms with Gasteiger partial charge >= 0.3 is 0 Å². The van der Waals surface area contributed by atoms with E-state index in [1.54, 1.807) is 0 Å². The molecular weight excluding hydrogens is 348 g/mol. The molecule has 1 aliphatic heterocycles. The first-order chi connectivity index (χ1) is 12.7. The Hall–Kier alpha value is -2.28. The van der Waals surface area contributed by atoms with Gasteiger partial charge < -0.3 is 14.3 Å². The number of rotatable bonds is 4. The van der Waals surface area contributed by atoms with Gasteiger partial charge in [-0.3, -0.25) is 4.79 Å². The third kappa shape index (κ3) is 3.49. The summed E-state index contributed by atoms with van der Waals surface area (Å²) in [4.78, 5) is 17.9. The Morgan fingerprint density at radius 1 is 1.19 bits per heavy atom. The number of benzene rings is 1. The fraction of sp³-hybridized carbons (Fsp3) is 0.421. The summed E-state index contributed by atoms with van der Waals surface area (Å²) in [5.41, 5.74) is 1.91. The molecule has 26 heavy (non-hydrogen) atoms. The number of likely N-dealkylation sites (tertiary alicyclic amines) is 1. The van der Waals surface area contributed by atoms with Crippen molar-refractivity contribution in [3.05, 3.63) is 30.5 Å². The summed E-state index contributed by atoms with van der Waals surface area (Å²) in [6.45, 7) is 3.62. The largest absolute Gasteiger partial charge is 0.411 e. The van der Waals surface area contributed by atoms with Gasteiger partial charge in [0.05, 0.1) is 10.8 Å². The van der Waals surface area contributed by atoms with Gasteiger partial charge in [0.2, 0.25) is 5.91 Å². The van der Waals surface area contributed by atoms with Gasteiger partial charge in [-0.1, -0.05) is 42.8 Å². The molecule has 0 spiro atoms. The Morgan fingerprint density at radius 3 is 2.77 bits per heavy atom. The average molecular weight is 370 g/mol. The maximum absolute atomic E-state index is 12.7. The molecule has 7 heteroatoms. The van der Waals surface area contributed by atoms with E-state index >= 15 is 0 Å². The summed E-state index contributed by atoms with van der Waals surface area (Å²) in [6, 6.07) is 7.98. The Labute approximate surface area is 156 Å². The van der Waals surface area contributed by atoms with Crippen LogP contribution in [0, 0.1) is 0 Å². The Morgan fingerprint density at radius 2 is 1.96 bits per heavy atom. The van der Waals surface area contributed by atoms with E-state index in [1.165, 1.54) is 24.6 Å². The molecule has 1 atom stereocenters. The lowest BCUT2D eigenvalue weighted by Gasteiger charge is -2.23. The van der Waals surface area contributed by atoms with Gasteiger partial charge in [0, 0.05) is 30.2 Å². The van der Waals surface area contributed by atoms with E-state index in [9.17, 15) is 4.79 Å². The first kappa shape index (κ1) is 17.1. The van der Waals surface area contributed by atoms with Gasteiger partial charge in [0.1, 0.15) is 0 Å². The number of para-hydroxylation sites is 1. The molecular formula is C19H22N4O2S. The predicted molar refractivity (Wildman–Crippen MR) is 102 cm³/mol. The van der Waals surface area contributed by atoms with Crippen molar-refractivity contribution < 1.29 is 9.21 Å². The van der Waals surface area contributed by atoms with Gasteiger partial charge in [-0.05, 0) is 25.8 Å². The van der Waals surface area contributed by atoms with Crippen molar-refractivity contribution in [2.75, 3.05) is 13.1 Å². The Kier molecular flexibility index (Phi) is 4.97. The van der Waals surface area contributed by atoms with Crippen molar-refractivity contribution in [3.63, 3.8) is 0 Å². The summed E-state index contributed by atoms with van der Waals surface area (Å²) in [5, 5.41) is 9.54. The maximum atomic E-state index is 12.7. The summed E-state index contributed by atoms with van der Waals surface area (Å²) in [6.07, 6.45) is 6.48. The van der Waals surface area contributed by atoms with Gasteiger partial charge in [0.25, 0.3) is 11.1 Å². The molecule has 1 aromatic carbocycles. The molecule has 3 aromatic rings. The molecule has 136 valence electrons. The predicted octanol–water partition coefficient (Wildman–Crippen LogP) is 4.10. The van der Waals surface area contributed by atoms with Crippen LogP contribution in [0.1, 0.15) is 32.6 Å². The number of hydrogen-bond acceptors (Lipinski definition) is 5. The SMILES string of the molecule is CC(Sc1nnc(-c2c[nH]c3ccccc23)o1)C(=O)N1CCCCCC1. The van der Waals surface area contributed by atoms with Crippen molar-refractivity contribution in [2.45, 2.75) is 43.1 Å². The van der Waals surface area contributed by atoms with E-state index in [2.05, 4.69) is 15.2 Å². The minimum atomic E-state index is -0.232. The van der Waals surface area contributed by atoms with Crippen LogP contribution in [-0.2, 0) is 4.79 Å². The summed E-state index contributed by atoms with van der Waals surface area (Å²) in [5.74, 6) is 0.628. The van der Waals surface area contributed by atoms with Crippen LogP contribution in [-0.4, -0.2) is 44.3 Å². The second-order valence-corrected chi connectivity index (χ2v) is 7.91.